The molecule has 142 valence electrons. The number of alkyl halides is 3. The highest BCUT2D eigenvalue weighted by molar-refractivity contribution is 7.89. The molecule has 2 N–H and O–H groups in total. The van der Waals surface area contributed by atoms with Crippen LogP contribution in [-0.4, -0.2) is 23.2 Å². The molecule has 2 heterocycles. The first-order valence-electron chi connectivity index (χ1n) is 7.40. The highest BCUT2D eigenvalue weighted by Crippen LogP contribution is 2.34. The third-order valence-corrected chi connectivity index (χ3v) is 4.69. The standard InChI is InChI=1S/C16H12F4N4O2S/c1-9-12(3-2-6-22-9)24-13(8-15(23-24)16(18,19)20)10-4-5-14(11(17)7-10)27(21,25)26/h2-8H,1H3,(H2,21,25,26). The van der Waals surface area contributed by atoms with Crippen molar-refractivity contribution in [3.8, 4) is 16.9 Å². The SMILES string of the molecule is Cc1ncccc1-n1nc(C(F)(F)F)cc1-c1ccc(S(N)(=O)=O)c(F)c1. The van der Waals surface area contributed by atoms with Gasteiger partial charge < -0.3 is 0 Å². The molecule has 0 atom stereocenters. The fourth-order valence-corrected chi connectivity index (χ4v) is 3.09. The molecule has 6 nitrogen and oxygen atoms in total. The maximum absolute atomic E-state index is 14.2. The van der Waals surface area contributed by atoms with E-state index in [2.05, 4.69) is 10.1 Å². The third-order valence-electron chi connectivity index (χ3n) is 3.74. The Labute approximate surface area is 151 Å². The van der Waals surface area contributed by atoms with Crippen molar-refractivity contribution in [3.05, 3.63) is 59.8 Å². The van der Waals surface area contributed by atoms with Gasteiger partial charge >= 0.3 is 6.18 Å². The van der Waals surface area contributed by atoms with Gasteiger partial charge in [0.15, 0.2) is 5.69 Å². The molecule has 0 aliphatic heterocycles. The number of primary sulfonamides is 1. The second-order valence-electron chi connectivity index (χ2n) is 5.62. The Morgan fingerprint density at radius 1 is 1.15 bits per heavy atom. The molecule has 0 amide bonds. The second kappa shape index (κ2) is 6.43. The largest absolute Gasteiger partial charge is 0.435 e. The molecule has 0 radical (unpaired) electrons. The van der Waals surface area contributed by atoms with Gasteiger partial charge in [-0.15, -0.1) is 0 Å². The number of benzene rings is 1. The van der Waals surface area contributed by atoms with Crippen molar-refractivity contribution in [2.75, 3.05) is 0 Å². The first-order valence-corrected chi connectivity index (χ1v) is 8.95. The molecule has 0 unspecified atom stereocenters. The molecule has 0 saturated carbocycles. The molecule has 3 aromatic rings. The molecule has 0 spiro atoms. The summed E-state index contributed by atoms with van der Waals surface area (Å²) in [5.41, 5.74) is -0.614. The molecule has 3 rings (SSSR count). The molecule has 0 fully saturated rings. The first kappa shape index (κ1) is 19.0. The summed E-state index contributed by atoms with van der Waals surface area (Å²) in [6.07, 6.45) is -3.26. The minimum Gasteiger partial charge on any atom is -0.259 e. The van der Waals surface area contributed by atoms with Crippen molar-refractivity contribution < 1.29 is 26.0 Å². The third kappa shape index (κ3) is 3.69. The van der Waals surface area contributed by atoms with E-state index in [9.17, 15) is 26.0 Å². The van der Waals surface area contributed by atoms with Crippen molar-refractivity contribution in [2.45, 2.75) is 18.0 Å². The summed E-state index contributed by atoms with van der Waals surface area (Å²) in [5.74, 6) is -1.18. The Morgan fingerprint density at radius 2 is 1.85 bits per heavy atom. The maximum Gasteiger partial charge on any atom is 0.435 e. The number of aromatic nitrogens is 3. The number of aryl methyl sites for hydroxylation is 1. The molecule has 0 saturated heterocycles. The Kier molecular flexibility index (Phi) is 4.52. The average molecular weight is 400 g/mol. The van der Waals surface area contributed by atoms with Crippen LogP contribution < -0.4 is 5.14 Å². The van der Waals surface area contributed by atoms with Gasteiger partial charge in [0.05, 0.1) is 17.1 Å². The summed E-state index contributed by atoms with van der Waals surface area (Å²) in [4.78, 5) is 3.26. The molecule has 1 aromatic carbocycles. The highest BCUT2D eigenvalue weighted by Gasteiger charge is 2.35. The van der Waals surface area contributed by atoms with E-state index in [0.717, 1.165) is 28.9 Å². The van der Waals surface area contributed by atoms with Gasteiger partial charge in [0.1, 0.15) is 10.7 Å². The minimum absolute atomic E-state index is 0.00819. The monoisotopic (exact) mass is 400 g/mol. The molecule has 2 aromatic heterocycles. The number of nitrogens with zero attached hydrogens (tertiary/aromatic N) is 3. The van der Waals surface area contributed by atoms with Crippen molar-refractivity contribution in [1.82, 2.24) is 14.8 Å². The summed E-state index contributed by atoms with van der Waals surface area (Å²) in [7, 11) is -4.31. The predicted molar refractivity (Wildman–Crippen MR) is 87.9 cm³/mol. The highest BCUT2D eigenvalue weighted by atomic mass is 32.2. The number of halogens is 4. The van der Waals surface area contributed by atoms with Crippen LogP contribution in [-0.2, 0) is 16.2 Å². The van der Waals surface area contributed by atoms with Crippen LogP contribution in [0.5, 0.6) is 0 Å². The van der Waals surface area contributed by atoms with Crippen molar-refractivity contribution in [1.29, 1.82) is 0 Å². The van der Waals surface area contributed by atoms with Crippen molar-refractivity contribution in [2.24, 2.45) is 5.14 Å². The molecule has 0 aliphatic rings. The lowest BCUT2D eigenvalue weighted by molar-refractivity contribution is -0.141. The number of nitrogens with two attached hydrogens (primary N) is 1. The summed E-state index contributed by atoms with van der Waals surface area (Å²) in [6, 6.07) is 6.61. The van der Waals surface area contributed by atoms with Gasteiger partial charge in [-0.3, -0.25) is 4.98 Å². The Bertz CT molecular complexity index is 1120. The maximum atomic E-state index is 14.2. The van der Waals surface area contributed by atoms with Crippen LogP contribution in [0.2, 0.25) is 0 Å². The number of pyridine rings is 1. The number of hydrogen-bond acceptors (Lipinski definition) is 4. The lowest BCUT2D eigenvalue weighted by atomic mass is 10.1. The van der Waals surface area contributed by atoms with Gasteiger partial charge in [0.2, 0.25) is 10.0 Å². The van der Waals surface area contributed by atoms with E-state index in [4.69, 9.17) is 5.14 Å². The van der Waals surface area contributed by atoms with E-state index in [1.165, 1.54) is 18.3 Å². The fraction of sp³-hybridized carbons (Fsp3) is 0.125. The van der Waals surface area contributed by atoms with E-state index >= 15 is 0 Å². The fourth-order valence-electron chi connectivity index (χ4n) is 2.50. The van der Waals surface area contributed by atoms with Gasteiger partial charge in [0, 0.05) is 11.8 Å². The van der Waals surface area contributed by atoms with E-state index in [0.29, 0.717) is 5.69 Å². The Hall–Kier alpha value is -2.79. The normalized spacial score (nSPS) is 12.4. The van der Waals surface area contributed by atoms with Crippen LogP contribution in [0.3, 0.4) is 0 Å². The first-order chi connectivity index (χ1) is 12.5. The molecular formula is C16H12F4N4O2S. The molecule has 0 bridgehead atoms. The van der Waals surface area contributed by atoms with E-state index in [1.807, 2.05) is 0 Å². The minimum atomic E-state index is -4.73. The number of hydrogen-bond donors (Lipinski definition) is 1. The van der Waals surface area contributed by atoms with Crippen LogP contribution in [0.25, 0.3) is 16.9 Å². The second-order valence-corrected chi connectivity index (χ2v) is 7.15. The summed E-state index contributed by atoms with van der Waals surface area (Å²) in [6.45, 7) is 1.58. The number of sulfonamides is 1. The van der Waals surface area contributed by atoms with Crippen LogP contribution in [0.15, 0.2) is 47.5 Å². The topological polar surface area (TPSA) is 90.9 Å². The molecule has 0 aliphatic carbocycles. The van der Waals surface area contributed by atoms with E-state index in [-0.39, 0.29) is 16.9 Å². The van der Waals surface area contributed by atoms with Gasteiger partial charge in [-0.1, -0.05) is 6.07 Å². The van der Waals surface area contributed by atoms with Crippen LogP contribution in [0, 0.1) is 12.7 Å². The van der Waals surface area contributed by atoms with E-state index in [1.54, 1.807) is 6.92 Å². The van der Waals surface area contributed by atoms with Gasteiger partial charge in [-0.25, -0.2) is 22.6 Å². The smallest absolute Gasteiger partial charge is 0.259 e. The van der Waals surface area contributed by atoms with Crippen molar-refractivity contribution >= 4 is 10.0 Å². The quantitative estimate of drug-likeness (QED) is 0.684. The average Bonchev–Trinajstić information content (AvgIpc) is 2.99. The Balaban J connectivity index is 2.25. The van der Waals surface area contributed by atoms with Gasteiger partial charge in [-0.05, 0) is 37.3 Å². The lowest BCUT2D eigenvalue weighted by Crippen LogP contribution is -2.14. The van der Waals surface area contributed by atoms with Crippen molar-refractivity contribution in [3.63, 3.8) is 0 Å². The van der Waals surface area contributed by atoms with Gasteiger partial charge in [-0.2, -0.15) is 18.3 Å². The van der Waals surface area contributed by atoms with Crippen LogP contribution in [0.4, 0.5) is 17.6 Å². The summed E-state index contributed by atoms with van der Waals surface area (Å²) < 4.78 is 77.3. The van der Waals surface area contributed by atoms with E-state index < -0.39 is 32.6 Å². The Morgan fingerprint density at radius 3 is 2.41 bits per heavy atom. The predicted octanol–water partition coefficient (Wildman–Crippen LogP) is 3.05. The molecule has 27 heavy (non-hydrogen) atoms. The summed E-state index contributed by atoms with van der Waals surface area (Å²) in [5, 5.41) is 8.48. The molecular weight excluding hydrogens is 388 g/mol. The number of rotatable bonds is 3. The van der Waals surface area contributed by atoms with Gasteiger partial charge in [0.25, 0.3) is 0 Å². The zero-order chi connectivity index (χ0) is 20.0. The van der Waals surface area contributed by atoms with Crippen LogP contribution in [0.1, 0.15) is 11.4 Å². The zero-order valence-electron chi connectivity index (χ0n) is 13.7. The zero-order valence-corrected chi connectivity index (χ0v) is 14.5. The summed E-state index contributed by atoms with van der Waals surface area (Å²) >= 11 is 0. The lowest BCUT2D eigenvalue weighted by Gasteiger charge is -2.10. The van der Waals surface area contributed by atoms with Crippen LogP contribution >= 0.6 is 0 Å². The molecule has 11 heteroatoms.